The molecule has 2 aromatic rings. The van der Waals surface area contributed by atoms with Crippen LogP contribution in [0.25, 0.3) is 0 Å². The number of anilines is 1. The minimum Gasteiger partial charge on any atom is -0.326 e. The largest absolute Gasteiger partial charge is 0.326 e. The molecular formula is C13H12N2O2S. The summed E-state index contributed by atoms with van der Waals surface area (Å²) < 4.78 is 3.18. The Hall–Kier alpha value is -2.01. The van der Waals surface area contributed by atoms with Gasteiger partial charge in [0, 0.05) is 22.7 Å². The molecule has 0 aromatic heterocycles. The van der Waals surface area contributed by atoms with E-state index in [1.807, 2.05) is 31.2 Å². The van der Waals surface area contributed by atoms with Crippen LogP contribution in [-0.4, -0.2) is 4.92 Å². The molecule has 92 valence electrons. The summed E-state index contributed by atoms with van der Waals surface area (Å²) in [4.78, 5) is 11.0. The second-order valence-electron chi connectivity index (χ2n) is 3.82. The molecule has 0 amide bonds. The van der Waals surface area contributed by atoms with Crippen molar-refractivity contribution in [2.75, 3.05) is 4.72 Å². The maximum absolute atomic E-state index is 10.5. The van der Waals surface area contributed by atoms with Crippen LogP contribution in [0, 0.1) is 17.0 Å². The van der Waals surface area contributed by atoms with Crippen LogP contribution < -0.4 is 4.72 Å². The van der Waals surface area contributed by atoms with E-state index in [1.54, 1.807) is 12.1 Å². The molecule has 2 aromatic carbocycles. The van der Waals surface area contributed by atoms with Gasteiger partial charge in [0.25, 0.3) is 5.69 Å². The number of aryl methyl sites for hydroxylation is 1. The van der Waals surface area contributed by atoms with Crippen molar-refractivity contribution in [1.29, 1.82) is 0 Å². The lowest BCUT2D eigenvalue weighted by molar-refractivity contribution is -0.384. The van der Waals surface area contributed by atoms with Crippen molar-refractivity contribution in [3.05, 3.63) is 64.2 Å². The summed E-state index contributed by atoms with van der Waals surface area (Å²) in [5, 5.41) is 10.5. The molecule has 0 radical (unpaired) electrons. The van der Waals surface area contributed by atoms with Gasteiger partial charge in [0.1, 0.15) is 0 Å². The minimum absolute atomic E-state index is 0.106. The van der Waals surface area contributed by atoms with Gasteiger partial charge in [0.15, 0.2) is 0 Å². The molecule has 0 unspecified atom stereocenters. The lowest BCUT2D eigenvalue weighted by Gasteiger charge is -2.05. The van der Waals surface area contributed by atoms with Gasteiger partial charge in [-0.1, -0.05) is 17.7 Å². The number of nitro groups is 1. The number of nitrogens with zero attached hydrogens (tertiary/aromatic N) is 1. The lowest BCUT2D eigenvalue weighted by Crippen LogP contribution is -1.89. The highest BCUT2D eigenvalue weighted by Gasteiger charge is 2.04. The van der Waals surface area contributed by atoms with Crippen LogP contribution in [0.5, 0.6) is 0 Å². The third-order valence-electron chi connectivity index (χ3n) is 2.39. The summed E-state index contributed by atoms with van der Waals surface area (Å²) in [5.74, 6) is 0. The fourth-order valence-electron chi connectivity index (χ4n) is 1.38. The Morgan fingerprint density at radius 2 is 1.67 bits per heavy atom. The first-order chi connectivity index (χ1) is 8.65. The molecule has 5 heteroatoms. The van der Waals surface area contributed by atoms with Crippen LogP contribution >= 0.6 is 11.9 Å². The monoisotopic (exact) mass is 260 g/mol. The SMILES string of the molecule is Cc1ccc(NSc2ccc([N+](=O)[O-])cc2)cc1. The minimum atomic E-state index is -0.401. The van der Waals surface area contributed by atoms with Crippen molar-refractivity contribution >= 4 is 23.3 Å². The Kier molecular flexibility index (Phi) is 3.84. The van der Waals surface area contributed by atoms with Gasteiger partial charge in [0.05, 0.1) is 4.92 Å². The number of hydrogen-bond donors (Lipinski definition) is 1. The van der Waals surface area contributed by atoms with Gasteiger partial charge in [-0.05, 0) is 43.1 Å². The molecule has 0 aliphatic rings. The number of non-ortho nitro benzene ring substituents is 1. The van der Waals surface area contributed by atoms with Crippen LogP contribution in [-0.2, 0) is 0 Å². The summed E-state index contributed by atoms with van der Waals surface area (Å²) in [7, 11) is 0. The average molecular weight is 260 g/mol. The third-order valence-corrected chi connectivity index (χ3v) is 3.23. The summed E-state index contributed by atoms with van der Waals surface area (Å²) in [6, 6.07) is 14.5. The molecule has 1 N–H and O–H groups in total. The van der Waals surface area contributed by atoms with E-state index in [-0.39, 0.29) is 5.69 Å². The van der Waals surface area contributed by atoms with Gasteiger partial charge in [-0.25, -0.2) is 0 Å². The summed E-state index contributed by atoms with van der Waals surface area (Å²) in [6.45, 7) is 2.03. The molecule has 0 spiro atoms. The maximum atomic E-state index is 10.5. The molecule has 0 heterocycles. The van der Waals surface area contributed by atoms with Gasteiger partial charge < -0.3 is 4.72 Å². The molecule has 18 heavy (non-hydrogen) atoms. The summed E-state index contributed by atoms with van der Waals surface area (Å²) >= 11 is 1.43. The van der Waals surface area contributed by atoms with Gasteiger partial charge in [-0.15, -0.1) is 0 Å². The summed E-state index contributed by atoms with van der Waals surface area (Å²) in [5.41, 5.74) is 2.32. The Bertz CT molecular complexity index is 538. The van der Waals surface area contributed by atoms with Crippen molar-refractivity contribution < 1.29 is 4.92 Å². The van der Waals surface area contributed by atoms with E-state index in [9.17, 15) is 10.1 Å². The molecule has 0 bridgehead atoms. The Morgan fingerprint density at radius 1 is 1.06 bits per heavy atom. The third kappa shape index (κ3) is 3.24. The summed E-state index contributed by atoms with van der Waals surface area (Å²) in [6.07, 6.45) is 0. The van der Waals surface area contributed by atoms with E-state index < -0.39 is 4.92 Å². The Balaban J connectivity index is 1.97. The highest BCUT2D eigenvalue weighted by Crippen LogP contribution is 2.23. The quantitative estimate of drug-likeness (QED) is 0.512. The lowest BCUT2D eigenvalue weighted by atomic mass is 10.2. The zero-order valence-electron chi connectivity index (χ0n) is 9.79. The van der Waals surface area contributed by atoms with Crippen LogP contribution in [0.1, 0.15) is 5.56 Å². The van der Waals surface area contributed by atoms with Crippen LogP contribution in [0.4, 0.5) is 11.4 Å². The molecule has 0 aliphatic heterocycles. The standard InChI is InChI=1S/C13H12N2O2S/c1-10-2-4-11(5-3-10)14-18-13-8-6-12(7-9-13)15(16)17/h2-9,14H,1H3. The van der Waals surface area contributed by atoms with E-state index in [4.69, 9.17) is 0 Å². The number of nitro benzene ring substituents is 1. The maximum Gasteiger partial charge on any atom is 0.269 e. The zero-order valence-corrected chi connectivity index (χ0v) is 10.6. The van der Waals surface area contributed by atoms with Crippen LogP contribution in [0.2, 0.25) is 0 Å². The molecule has 0 saturated carbocycles. The fraction of sp³-hybridized carbons (Fsp3) is 0.0769. The number of nitrogens with one attached hydrogen (secondary N) is 1. The molecule has 0 saturated heterocycles. The highest BCUT2D eigenvalue weighted by atomic mass is 32.2. The van der Waals surface area contributed by atoms with Crippen molar-refractivity contribution in [2.24, 2.45) is 0 Å². The van der Waals surface area contributed by atoms with E-state index in [2.05, 4.69) is 4.72 Å². The van der Waals surface area contributed by atoms with Gasteiger partial charge in [-0.2, -0.15) is 0 Å². The predicted octanol–water partition coefficient (Wildman–Crippen LogP) is 4.02. The topological polar surface area (TPSA) is 55.2 Å². The van der Waals surface area contributed by atoms with E-state index in [0.717, 1.165) is 10.6 Å². The second-order valence-corrected chi connectivity index (χ2v) is 4.70. The fourth-order valence-corrected chi connectivity index (χ4v) is 2.02. The van der Waals surface area contributed by atoms with Gasteiger partial charge in [-0.3, -0.25) is 10.1 Å². The highest BCUT2D eigenvalue weighted by molar-refractivity contribution is 8.00. The molecule has 0 atom stereocenters. The first kappa shape index (κ1) is 12.4. The smallest absolute Gasteiger partial charge is 0.269 e. The zero-order chi connectivity index (χ0) is 13.0. The number of benzene rings is 2. The van der Waals surface area contributed by atoms with Gasteiger partial charge in [0.2, 0.25) is 0 Å². The molecule has 4 nitrogen and oxygen atoms in total. The normalized spacial score (nSPS) is 10.1. The second kappa shape index (κ2) is 5.55. The number of rotatable bonds is 4. The predicted molar refractivity (Wildman–Crippen MR) is 73.8 cm³/mol. The van der Waals surface area contributed by atoms with Crippen LogP contribution in [0.15, 0.2) is 53.4 Å². The van der Waals surface area contributed by atoms with Crippen molar-refractivity contribution in [2.45, 2.75) is 11.8 Å². The molecule has 2 rings (SSSR count). The Labute approximate surface area is 109 Å². The van der Waals surface area contributed by atoms with Crippen molar-refractivity contribution in [1.82, 2.24) is 0 Å². The van der Waals surface area contributed by atoms with Crippen molar-refractivity contribution in [3.63, 3.8) is 0 Å². The van der Waals surface area contributed by atoms with Gasteiger partial charge >= 0.3 is 0 Å². The van der Waals surface area contributed by atoms with Crippen molar-refractivity contribution in [3.8, 4) is 0 Å². The Morgan fingerprint density at radius 3 is 2.22 bits per heavy atom. The van der Waals surface area contributed by atoms with E-state index in [0.29, 0.717) is 0 Å². The van der Waals surface area contributed by atoms with Crippen LogP contribution in [0.3, 0.4) is 0 Å². The first-order valence-electron chi connectivity index (χ1n) is 5.39. The molecular weight excluding hydrogens is 248 g/mol. The average Bonchev–Trinajstić information content (AvgIpc) is 2.38. The number of hydrogen-bond acceptors (Lipinski definition) is 4. The van der Waals surface area contributed by atoms with E-state index in [1.165, 1.54) is 29.6 Å². The molecule has 0 fully saturated rings. The first-order valence-corrected chi connectivity index (χ1v) is 6.21. The van der Waals surface area contributed by atoms with E-state index >= 15 is 0 Å². The molecule has 0 aliphatic carbocycles.